The zero-order chi connectivity index (χ0) is 13.1. The molecule has 1 aromatic carbocycles. The van der Waals surface area contributed by atoms with Gasteiger partial charge in [-0.15, -0.1) is 0 Å². The summed E-state index contributed by atoms with van der Waals surface area (Å²) in [5.41, 5.74) is 0.923. The van der Waals surface area contributed by atoms with Crippen LogP contribution in [0.3, 0.4) is 0 Å². The van der Waals surface area contributed by atoms with Crippen molar-refractivity contribution < 1.29 is 14.0 Å². The van der Waals surface area contributed by atoms with Crippen molar-refractivity contribution in [1.29, 1.82) is 0 Å². The van der Waals surface area contributed by atoms with Crippen LogP contribution in [0.15, 0.2) is 18.2 Å². The first-order valence-electron chi connectivity index (χ1n) is 6.15. The van der Waals surface area contributed by atoms with Crippen molar-refractivity contribution in [1.82, 2.24) is 5.32 Å². The molecule has 3 nitrogen and oxygen atoms in total. The predicted octanol–water partition coefficient (Wildman–Crippen LogP) is 2.38. The van der Waals surface area contributed by atoms with Crippen molar-refractivity contribution >= 4 is 11.7 Å². The van der Waals surface area contributed by atoms with Gasteiger partial charge >= 0.3 is 0 Å². The molecule has 1 aromatic rings. The average molecular weight is 249 g/mol. The van der Waals surface area contributed by atoms with Crippen LogP contribution < -0.4 is 5.32 Å². The largest absolute Gasteiger partial charge is 0.349 e. The molecule has 1 N–H and O–H groups in total. The molecule has 0 heterocycles. The van der Waals surface area contributed by atoms with E-state index in [1.165, 1.54) is 6.07 Å². The molecule has 0 spiro atoms. The fourth-order valence-electron chi connectivity index (χ4n) is 2.16. The Bertz CT molecular complexity index is 475. The smallest absolute Gasteiger partial charge is 0.254 e. The maximum Gasteiger partial charge on any atom is 0.254 e. The number of halogens is 1. The fraction of sp³-hybridized carbons (Fsp3) is 0.429. The first kappa shape index (κ1) is 12.7. The number of Topliss-reactive ketones (excluding diaryl/α,β-unsaturated/α-hetero) is 1. The second kappa shape index (κ2) is 5.29. The van der Waals surface area contributed by atoms with Gasteiger partial charge in [-0.2, -0.15) is 0 Å². The summed E-state index contributed by atoms with van der Waals surface area (Å²) in [6.45, 7) is 1.81. The highest BCUT2D eigenvalue weighted by Gasteiger charge is 2.21. The van der Waals surface area contributed by atoms with E-state index in [1.54, 1.807) is 12.1 Å². The number of hydrogen-bond donors (Lipinski definition) is 1. The molecule has 1 amide bonds. The number of nitrogens with one attached hydrogen (secondary N) is 1. The zero-order valence-electron chi connectivity index (χ0n) is 10.3. The average Bonchev–Trinajstić information content (AvgIpc) is 2.35. The van der Waals surface area contributed by atoms with Gasteiger partial charge in [-0.1, -0.05) is 11.6 Å². The molecule has 0 bridgehead atoms. The van der Waals surface area contributed by atoms with E-state index in [0.29, 0.717) is 25.7 Å². The Balaban J connectivity index is 2.03. The number of benzene rings is 1. The highest BCUT2D eigenvalue weighted by atomic mass is 19.1. The van der Waals surface area contributed by atoms with Gasteiger partial charge in [-0.3, -0.25) is 9.59 Å². The lowest BCUT2D eigenvalue weighted by molar-refractivity contribution is -0.120. The molecule has 1 fully saturated rings. The third-order valence-corrected chi connectivity index (χ3v) is 3.24. The predicted molar refractivity (Wildman–Crippen MR) is 65.9 cm³/mol. The monoisotopic (exact) mass is 249 g/mol. The van der Waals surface area contributed by atoms with Crippen LogP contribution in [0.2, 0.25) is 0 Å². The number of hydrogen-bond acceptors (Lipinski definition) is 2. The van der Waals surface area contributed by atoms with Gasteiger partial charge in [0.05, 0.1) is 5.56 Å². The molecule has 0 radical (unpaired) electrons. The fourth-order valence-corrected chi connectivity index (χ4v) is 2.16. The summed E-state index contributed by atoms with van der Waals surface area (Å²) in [6.07, 6.45) is 2.30. The molecule has 18 heavy (non-hydrogen) atoms. The van der Waals surface area contributed by atoms with Gasteiger partial charge in [0.25, 0.3) is 5.91 Å². The molecule has 96 valence electrons. The van der Waals surface area contributed by atoms with Crippen LogP contribution in [0.5, 0.6) is 0 Å². The first-order valence-corrected chi connectivity index (χ1v) is 6.15. The number of carbonyl (C=O) groups excluding carboxylic acids is 2. The summed E-state index contributed by atoms with van der Waals surface area (Å²) in [6, 6.07) is 4.45. The van der Waals surface area contributed by atoms with Gasteiger partial charge in [0.1, 0.15) is 11.6 Å². The van der Waals surface area contributed by atoms with Gasteiger partial charge in [0.2, 0.25) is 0 Å². The molecule has 1 aliphatic carbocycles. The Hall–Kier alpha value is -1.71. The van der Waals surface area contributed by atoms with Crippen LogP contribution >= 0.6 is 0 Å². The zero-order valence-corrected chi connectivity index (χ0v) is 10.3. The topological polar surface area (TPSA) is 46.2 Å². The summed E-state index contributed by atoms with van der Waals surface area (Å²) in [4.78, 5) is 23.0. The van der Waals surface area contributed by atoms with Crippen molar-refractivity contribution in [2.24, 2.45) is 0 Å². The second-order valence-corrected chi connectivity index (χ2v) is 4.77. The Morgan fingerprint density at radius 2 is 2.00 bits per heavy atom. The third kappa shape index (κ3) is 2.94. The molecule has 2 rings (SSSR count). The van der Waals surface area contributed by atoms with Crippen LogP contribution in [-0.4, -0.2) is 17.7 Å². The highest BCUT2D eigenvalue weighted by Crippen LogP contribution is 2.16. The first-order chi connectivity index (χ1) is 8.56. The van der Waals surface area contributed by atoms with E-state index in [0.717, 1.165) is 5.56 Å². The number of carbonyl (C=O) groups is 2. The van der Waals surface area contributed by atoms with Gasteiger partial charge < -0.3 is 5.32 Å². The van der Waals surface area contributed by atoms with Crippen molar-refractivity contribution in [3.8, 4) is 0 Å². The molecule has 0 aromatic heterocycles. The summed E-state index contributed by atoms with van der Waals surface area (Å²) in [5, 5.41) is 2.79. The summed E-state index contributed by atoms with van der Waals surface area (Å²) < 4.78 is 13.5. The van der Waals surface area contributed by atoms with Crippen molar-refractivity contribution in [3.63, 3.8) is 0 Å². The maximum atomic E-state index is 13.5. The summed E-state index contributed by atoms with van der Waals surface area (Å²) >= 11 is 0. The van der Waals surface area contributed by atoms with E-state index in [4.69, 9.17) is 0 Å². The second-order valence-electron chi connectivity index (χ2n) is 4.77. The van der Waals surface area contributed by atoms with Gasteiger partial charge in [0.15, 0.2) is 0 Å². The molecule has 1 aliphatic rings. The minimum atomic E-state index is -0.509. The minimum absolute atomic E-state index is 0.0184. The van der Waals surface area contributed by atoms with E-state index in [1.807, 2.05) is 6.92 Å². The maximum absolute atomic E-state index is 13.5. The molecule has 0 unspecified atom stereocenters. The van der Waals surface area contributed by atoms with Gasteiger partial charge in [-0.05, 0) is 31.9 Å². The SMILES string of the molecule is Cc1ccc(F)c(C(=O)NC2CCC(=O)CC2)c1. The van der Waals surface area contributed by atoms with Gasteiger partial charge in [0, 0.05) is 18.9 Å². The number of aryl methyl sites for hydroxylation is 1. The molecule has 0 atom stereocenters. The van der Waals surface area contributed by atoms with E-state index in [-0.39, 0.29) is 17.4 Å². The molecule has 4 heteroatoms. The van der Waals surface area contributed by atoms with E-state index in [2.05, 4.69) is 5.32 Å². The van der Waals surface area contributed by atoms with Gasteiger partial charge in [-0.25, -0.2) is 4.39 Å². The standard InChI is InChI=1S/C14H16FNO2/c1-9-2-7-13(15)12(8-9)14(18)16-10-3-5-11(17)6-4-10/h2,7-8,10H,3-6H2,1H3,(H,16,18). The van der Waals surface area contributed by atoms with Crippen LogP contribution in [0.4, 0.5) is 4.39 Å². The highest BCUT2D eigenvalue weighted by molar-refractivity contribution is 5.95. The van der Waals surface area contributed by atoms with Crippen LogP contribution in [0.1, 0.15) is 41.6 Å². The van der Waals surface area contributed by atoms with E-state index in [9.17, 15) is 14.0 Å². The molecule has 0 aliphatic heterocycles. The van der Waals surface area contributed by atoms with Crippen molar-refractivity contribution in [3.05, 3.63) is 35.1 Å². The van der Waals surface area contributed by atoms with E-state index < -0.39 is 11.7 Å². The Labute approximate surface area is 105 Å². The Kier molecular flexibility index (Phi) is 3.75. The summed E-state index contributed by atoms with van der Waals surface area (Å²) in [5.74, 6) is -0.664. The number of amides is 1. The lowest BCUT2D eigenvalue weighted by Gasteiger charge is -2.22. The molecular formula is C14H16FNO2. The van der Waals surface area contributed by atoms with Crippen molar-refractivity contribution in [2.75, 3.05) is 0 Å². The quantitative estimate of drug-likeness (QED) is 0.874. The van der Waals surface area contributed by atoms with Crippen LogP contribution in [0, 0.1) is 12.7 Å². The van der Waals surface area contributed by atoms with Crippen LogP contribution in [-0.2, 0) is 4.79 Å². The normalized spacial score (nSPS) is 16.7. The van der Waals surface area contributed by atoms with Crippen LogP contribution in [0.25, 0.3) is 0 Å². The molecule has 0 saturated heterocycles. The Morgan fingerprint density at radius 3 is 2.67 bits per heavy atom. The number of rotatable bonds is 2. The lowest BCUT2D eigenvalue weighted by atomic mass is 9.94. The third-order valence-electron chi connectivity index (χ3n) is 3.24. The number of ketones is 1. The van der Waals surface area contributed by atoms with Crippen molar-refractivity contribution in [2.45, 2.75) is 38.6 Å². The van der Waals surface area contributed by atoms with E-state index >= 15 is 0 Å². The Morgan fingerprint density at radius 1 is 1.33 bits per heavy atom. The summed E-state index contributed by atoms with van der Waals surface area (Å²) in [7, 11) is 0. The molecular weight excluding hydrogens is 233 g/mol. The minimum Gasteiger partial charge on any atom is -0.349 e. The molecule has 1 saturated carbocycles. The lowest BCUT2D eigenvalue weighted by Crippen LogP contribution is -2.38.